The number of carbonyl (C=O) groups is 2. The second-order valence-electron chi connectivity index (χ2n) is 7.72. The Balaban J connectivity index is 0.00000210. The normalized spacial score (nSPS) is 24.4. The van der Waals surface area contributed by atoms with Crippen molar-refractivity contribution < 1.29 is 66.1 Å². The summed E-state index contributed by atoms with van der Waals surface area (Å²) in [6.07, 6.45) is 7.17. The van der Waals surface area contributed by atoms with Crippen LogP contribution in [0.2, 0.25) is 0 Å². The summed E-state index contributed by atoms with van der Waals surface area (Å²) < 4.78 is 0. The smallest absolute Gasteiger partial charge is 0.548 e. The van der Waals surface area contributed by atoms with Gasteiger partial charge in [-0.3, -0.25) is 0 Å². The Morgan fingerprint density at radius 1 is 1.19 bits per heavy atom. The van der Waals surface area contributed by atoms with Crippen LogP contribution >= 0.6 is 0 Å². The summed E-state index contributed by atoms with van der Waals surface area (Å²) in [5.41, 5.74) is 1.00. The summed E-state index contributed by atoms with van der Waals surface area (Å²) in [6, 6.07) is 7.63. The fourth-order valence-electron chi connectivity index (χ4n) is 4.33. The molecule has 2 fully saturated rings. The van der Waals surface area contributed by atoms with Gasteiger partial charge in [0.1, 0.15) is 0 Å². The number of fused-ring (bicyclic) bond motifs is 1. The molecule has 2 aliphatic rings. The topological polar surface area (TPSA) is 97.1 Å². The van der Waals surface area contributed by atoms with E-state index in [2.05, 4.69) is 15.6 Å². The molecule has 0 spiro atoms. The Labute approximate surface area is 201 Å². The van der Waals surface area contributed by atoms with Gasteiger partial charge in [-0.05, 0) is 48.1 Å². The van der Waals surface area contributed by atoms with E-state index in [4.69, 9.17) is 0 Å². The van der Waals surface area contributed by atoms with Gasteiger partial charge >= 0.3 is 57.4 Å². The van der Waals surface area contributed by atoms with Crippen molar-refractivity contribution in [2.24, 2.45) is 11.8 Å². The number of benzene rings is 1. The molecule has 2 saturated carbocycles. The fraction of sp³-hybridized carbons (Fsp3) is 0.500. The summed E-state index contributed by atoms with van der Waals surface area (Å²) in [5.74, 6) is -0.125. The van der Waals surface area contributed by atoms with Gasteiger partial charge in [0.25, 0.3) is 0 Å². The van der Waals surface area contributed by atoms with Crippen LogP contribution in [0.5, 0.6) is 0 Å². The van der Waals surface area contributed by atoms with E-state index < -0.39 is 17.5 Å². The Morgan fingerprint density at radius 2 is 1.96 bits per heavy atom. The van der Waals surface area contributed by atoms with Gasteiger partial charge in [0.15, 0.2) is 0 Å². The number of nitrogens with one attached hydrogen (secondary N) is 3. The Morgan fingerprint density at radius 3 is 2.63 bits per heavy atom. The number of carboxylic acid groups (broad SMARTS) is 1. The number of para-hydroxylation sites is 1. The van der Waals surface area contributed by atoms with Gasteiger partial charge in [-0.2, -0.15) is 0 Å². The molecule has 1 heterocycles. The van der Waals surface area contributed by atoms with Crippen molar-refractivity contribution in [1.82, 2.24) is 15.6 Å². The molecular formula is C20H24KN3O3. The molecule has 2 aliphatic carbocycles. The van der Waals surface area contributed by atoms with Gasteiger partial charge in [0, 0.05) is 18.3 Å². The monoisotopic (exact) mass is 393 g/mol. The van der Waals surface area contributed by atoms with Crippen molar-refractivity contribution in [2.75, 3.05) is 6.54 Å². The number of aliphatic carboxylic acids is 1. The molecule has 0 saturated heterocycles. The van der Waals surface area contributed by atoms with Gasteiger partial charge in [-0.1, -0.05) is 37.5 Å². The third kappa shape index (κ3) is 4.27. The molecule has 4 rings (SSSR count). The average Bonchev–Trinajstić information content (AvgIpc) is 3.00. The summed E-state index contributed by atoms with van der Waals surface area (Å²) >= 11 is 0. The molecule has 138 valence electrons. The summed E-state index contributed by atoms with van der Waals surface area (Å²) in [7, 11) is 0. The molecule has 1 aromatic carbocycles. The second kappa shape index (κ2) is 8.65. The first kappa shape index (κ1) is 20.9. The van der Waals surface area contributed by atoms with Crippen LogP contribution in [0.25, 0.3) is 10.9 Å². The van der Waals surface area contributed by atoms with E-state index >= 15 is 0 Å². The number of amides is 2. The predicted molar refractivity (Wildman–Crippen MR) is 96.3 cm³/mol. The molecule has 27 heavy (non-hydrogen) atoms. The molecule has 0 radical (unpaired) electrons. The number of hydrogen-bond donors (Lipinski definition) is 3. The minimum absolute atomic E-state index is 0. The van der Waals surface area contributed by atoms with Crippen LogP contribution in [0, 0.1) is 11.8 Å². The molecule has 7 heteroatoms. The molecule has 0 aliphatic heterocycles. The Hall–Kier alpha value is -0.864. The molecule has 6 nitrogen and oxygen atoms in total. The van der Waals surface area contributed by atoms with Crippen LogP contribution in [0.1, 0.15) is 37.7 Å². The van der Waals surface area contributed by atoms with E-state index in [9.17, 15) is 14.7 Å². The summed E-state index contributed by atoms with van der Waals surface area (Å²) in [4.78, 5) is 27.0. The standard InChI is InChI=1S/C20H25N3O3.K/c24-18(25)20(11-16(12-20)13-3-1-4-13)23-19(26)22-10-8-15-6-2-5-14-7-9-21-17(14)15;/h2,5-7,9,13,16,21H,1,3-4,8,10-12H2,(H,24,25)(H2,22,23,26);/q;+1/p-1. The molecular weight excluding hydrogens is 369 g/mol. The summed E-state index contributed by atoms with van der Waals surface area (Å²) in [5, 5.41) is 18.2. The number of hydrogen-bond acceptors (Lipinski definition) is 3. The fourth-order valence-corrected chi connectivity index (χ4v) is 4.33. The summed E-state index contributed by atoms with van der Waals surface area (Å²) in [6.45, 7) is 0.444. The third-order valence-electron chi connectivity index (χ3n) is 6.13. The van der Waals surface area contributed by atoms with Crippen molar-refractivity contribution in [2.45, 2.75) is 44.1 Å². The number of carbonyl (C=O) groups excluding carboxylic acids is 2. The van der Waals surface area contributed by atoms with E-state index in [1.807, 2.05) is 30.5 Å². The maximum atomic E-state index is 12.2. The minimum Gasteiger partial charge on any atom is -0.548 e. The van der Waals surface area contributed by atoms with E-state index in [1.54, 1.807) is 0 Å². The van der Waals surface area contributed by atoms with Crippen LogP contribution in [-0.2, 0) is 11.2 Å². The van der Waals surface area contributed by atoms with Gasteiger partial charge in [-0.15, -0.1) is 0 Å². The minimum atomic E-state index is -1.19. The third-order valence-corrected chi connectivity index (χ3v) is 6.13. The van der Waals surface area contributed by atoms with Gasteiger partial charge in [0.05, 0.1) is 11.5 Å². The van der Waals surface area contributed by atoms with Crippen LogP contribution in [0.15, 0.2) is 30.5 Å². The second-order valence-corrected chi connectivity index (χ2v) is 7.72. The SMILES string of the molecule is O=C(NCCc1cccc2cc[nH]c12)NC1(C(=O)[O-])CC(C2CCC2)C1.[K+]. The van der Waals surface area contributed by atoms with Crippen LogP contribution in [-0.4, -0.2) is 29.1 Å². The van der Waals surface area contributed by atoms with E-state index in [0.29, 0.717) is 37.6 Å². The van der Waals surface area contributed by atoms with Crippen molar-refractivity contribution >= 4 is 22.9 Å². The van der Waals surface area contributed by atoms with Crippen molar-refractivity contribution in [3.05, 3.63) is 36.0 Å². The number of aromatic amines is 1. The number of urea groups is 1. The Bertz CT molecular complexity index is 825. The number of aromatic nitrogens is 1. The van der Waals surface area contributed by atoms with E-state index in [-0.39, 0.29) is 51.4 Å². The zero-order valence-corrected chi connectivity index (χ0v) is 18.8. The maximum Gasteiger partial charge on any atom is 1.00 e. The van der Waals surface area contributed by atoms with Crippen molar-refractivity contribution in [3.63, 3.8) is 0 Å². The number of H-pyrrole nitrogens is 1. The van der Waals surface area contributed by atoms with E-state index in [1.165, 1.54) is 19.3 Å². The largest absolute Gasteiger partial charge is 1.00 e. The molecule has 0 bridgehead atoms. The zero-order valence-electron chi connectivity index (χ0n) is 15.7. The molecule has 3 N–H and O–H groups in total. The molecule has 0 atom stereocenters. The van der Waals surface area contributed by atoms with Gasteiger partial charge < -0.3 is 25.5 Å². The van der Waals surface area contributed by atoms with Crippen molar-refractivity contribution in [1.29, 1.82) is 0 Å². The first-order valence-corrected chi connectivity index (χ1v) is 9.40. The van der Waals surface area contributed by atoms with Crippen molar-refractivity contribution in [3.8, 4) is 0 Å². The molecule has 2 aromatic rings. The first-order chi connectivity index (χ1) is 12.6. The van der Waals surface area contributed by atoms with Crippen LogP contribution in [0.3, 0.4) is 0 Å². The zero-order chi connectivity index (χ0) is 18.1. The van der Waals surface area contributed by atoms with E-state index in [0.717, 1.165) is 16.5 Å². The molecule has 1 aromatic heterocycles. The van der Waals surface area contributed by atoms with Gasteiger partial charge in [0.2, 0.25) is 0 Å². The molecule has 2 amide bonds. The van der Waals surface area contributed by atoms with Crippen LogP contribution < -0.4 is 67.1 Å². The maximum absolute atomic E-state index is 12.2. The average molecular weight is 394 g/mol. The molecule has 0 unspecified atom stereocenters. The van der Waals surface area contributed by atoms with Crippen LogP contribution in [0.4, 0.5) is 4.79 Å². The van der Waals surface area contributed by atoms with Gasteiger partial charge in [-0.25, -0.2) is 4.79 Å². The predicted octanol–water partition coefficient (Wildman–Crippen LogP) is -1.29. The first-order valence-electron chi connectivity index (χ1n) is 9.40. The number of rotatable bonds is 6. The Kier molecular flexibility index (Phi) is 6.69. The quantitative estimate of drug-likeness (QED) is 0.533. The number of carboxylic acids is 1.